The zero-order chi connectivity index (χ0) is 24.0. The van der Waals surface area contributed by atoms with Gasteiger partial charge in [-0.2, -0.15) is 0 Å². The highest BCUT2D eigenvalue weighted by Crippen LogP contribution is 2.44. The molecular weight excluding hydrogens is 437 g/mol. The maximum Gasteiger partial charge on any atom is 0.291 e. The van der Waals surface area contributed by atoms with Crippen LogP contribution in [0.5, 0.6) is 11.5 Å². The topological polar surface area (TPSA) is 77.8 Å². The third-order valence-electron chi connectivity index (χ3n) is 6.16. The number of ether oxygens (including phenoxy) is 2. The molecule has 0 unspecified atom stereocenters. The highest BCUT2D eigenvalue weighted by molar-refractivity contribution is 6.14. The van der Waals surface area contributed by atoms with Crippen LogP contribution in [0.1, 0.15) is 45.4 Å². The summed E-state index contributed by atoms with van der Waals surface area (Å²) < 4.78 is 30.7. The van der Waals surface area contributed by atoms with Crippen molar-refractivity contribution >= 4 is 28.3 Å². The molecule has 0 bridgehead atoms. The van der Waals surface area contributed by atoms with E-state index in [4.69, 9.17) is 13.9 Å². The van der Waals surface area contributed by atoms with Gasteiger partial charge in [-0.25, -0.2) is 4.39 Å². The predicted molar refractivity (Wildman–Crippen MR) is 125 cm³/mol. The first-order chi connectivity index (χ1) is 16.3. The van der Waals surface area contributed by atoms with E-state index in [1.165, 1.54) is 12.1 Å². The van der Waals surface area contributed by atoms with Gasteiger partial charge in [0.05, 0.1) is 19.1 Å². The predicted octanol–water partition coefficient (Wildman–Crippen LogP) is 6.02. The molecule has 6 nitrogen and oxygen atoms in total. The number of Topliss-reactive ketones (excluding diaryl/α,β-unsaturated/α-hetero) is 1. The molecule has 0 fully saturated rings. The molecule has 172 valence electrons. The zero-order valence-electron chi connectivity index (χ0n) is 18.9. The number of anilines is 1. The van der Waals surface area contributed by atoms with Crippen LogP contribution < -0.4 is 14.8 Å². The second kappa shape index (κ2) is 8.02. The first-order valence-electron chi connectivity index (χ1n) is 10.8. The van der Waals surface area contributed by atoms with Crippen LogP contribution in [0.4, 0.5) is 10.1 Å². The fourth-order valence-corrected chi connectivity index (χ4v) is 4.43. The van der Waals surface area contributed by atoms with Crippen LogP contribution in [0.25, 0.3) is 11.0 Å². The van der Waals surface area contributed by atoms with Gasteiger partial charge in [-0.15, -0.1) is 0 Å². The van der Waals surface area contributed by atoms with Gasteiger partial charge in [0, 0.05) is 22.7 Å². The summed E-state index contributed by atoms with van der Waals surface area (Å²) >= 11 is 0. The van der Waals surface area contributed by atoms with Crippen LogP contribution in [-0.2, 0) is 5.60 Å². The van der Waals surface area contributed by atoms with Gasteiger partial charge in [0.15, 0.2) is 11.5 Å². The van der Waals surface area contributed by atoms with Crippen LogP contribution in [0, 0.1) is 12.7 Å². The molecule has 34 heavy (non-hydrogen) atoms. The van der Waals surface area contributed by atoms with E-state index >= 15 is 0 Å². The van der Waals surface area contributed by atoms with Crippen LogP contribution in [0.3, 0.4) is 0 Å². The molecule has 1 amide bonds. The Morgan fingerprint density at radius 2 is 1.88 bits per heavy atom. The first kappa shape index (κ1) is 21.7. The van der Waals surface area contributed by atoms with E-state index in [0.717, 1.165) is 0 Å². The number of carbonyl (C=O) groups excluding carboxylic acids is 2. The lowest BCUT2D eigenvalue weighted by Gasteiger charge is -2.35. The fraction of sp³-hybridized carbons (Fsp3) is 0.185. The van der Waals surface area contributed by atoms with Crippen LogP contribution in [0.15, 0.2) is 65.1 Å². The summed E-state index contributed by atoms with van der Waals surface area (Å²) in [6.07, 6.45) is 0.0701. The monoisotopic (exact) mass is 459 g/mol. The Kier molecular flexibility index (Phi) is 5.12. The van der Waals surface area contributed by atoms with Gasteiger partial charge in [-0.1, -0.05) is 18.2 Å². The van der Waals surface area contributed by atoms with Gasteiger partial charge in [-0.05, 0) is 55.8 Å². The van der Waals surface area contributed by atoms with Crippen molar-refractivity contribution in [3.8, 4) is 11.5 Å². The summed E-state index contributed by atoms with van der Waals surface area (Å²) in [6, 6.07) is 16.3. The maximum absolute atomic E-state index is 13.4. The Hall–Kier alpha value is -4.13. The highest BCUT2D eigenvalue weighted by Gasteiger charge is 2.40. The molecule has 5 rings (SSSR count). The lowest BCUT2D eigenvalue weighted by Crippen LogP contribution is -2.36. The zero-order valence-corrected chi connectivity index (χ0v) is 18.9. The molecular formula is C27H22FNO5. The summed E-state index contributed by atoms with van der Waals surface area (Å²) in [5.74, 6) is 0.203. The Labute approximate surface area is 195 Å². The summed E-state index contributed by atoms with van der Waals surface area (Å²) in [5, 5.41) is 3.36. The number of methoxy groups -OCH3 is 1. The lowest BCUT2D eigenvalue weighted by molar-refractivity contribution is 0.0507. The third-order valence-corrected chi connectivity index (χ3v) is 6.16. The highest BCUT2D eigenvalue weighted by atomic mass is 19.1. The second-order valence-electron chi connectivity index (χ2n) is 8.49. The Morgan fingerprint density at radius 3 is 2.62 bits per heavy atom. The third kappa shape index (κ3) is 3.59. The molecule has 2 heterocycles. The number of aryl methyl sites for hydroxylation is 1. The molecule has 0 radical (unpaired) electrons. The van der Waals surface area contributed by atoms with Gasteiger partial charge in [0.2, 0.25) is 0 Å². The van der Waals surface area contributed by atoms with Gasteiger partial charge < -0.3 is 19.2 Å². The number of halogens is 1. The molecule has 0 aliphatic carbocycles. The van der Waals surface area contributed by atoms with Crippen molar-refractivity contribution in [3.63, 3.8) is 0 Å². The molecule has 1 atom stereocenters. The fourth-order valence-electron chi connectivity index (χ4n) is 4.43. The van der Waals surface area contributed by atoms with Gasteiger partial charge in [0.1, 0.15) is 28.5 Å². The molecule has 0 saturated heterocycles. The van der Waals surface area contributed by atoms with Gasteiger partial charge in [-0.3, -0.25) is 9.59 Å². The molecule has 7 heteroatoms. The average molecular weight is 459 g/mol. The number of nitrogens with one attached hydrogen (secondary N) is 1. The minimum absolute atomic E-state index is 0.0701. The van der Waals surface area contributed by atoms with E-state index in [9.17, 15) is 14.0 Å². The number of fused-ring (bicyclic) bond motifs is 3. The lowest BCUT2D eigenvalue weighted by atomic mass is 9.84. The minimum Gasteiger partial charge on any atom is -0.497 e. The number of amides is 1. The average Bonchev–Trinajstić information content (AvgIpc) is 3.16. The Balaban J connectivity index is 1.52. The smallest absolute Gasteiger partial charge is 0.291 e. The van der Waals surface area contributed by atoms with E-state index in [1.807, 2.05) is 0 Å². The van der Waals surface area contributed by atoms with E-state index in [0.29, 0.717) is 44.8 Å². The van der Waals surface area contributed by atoms with Gasteiger partial charge >= 0.3 is 0 Å². The molecule has 4 aromatic rings. The van der Waals surface area contributed by atoms with E-state index < -0.39 is 11.5 Å². The quantitative estimate of drug-likeness (QED) is 0.404. The van der Waals surface area contributed by atoms with Crippen LogP contribution in [0.2, 0.25) is 0 Å². The normalized spacial score (nSPS) is 17.2. The summed E-state index contributed by atoms with van der Waals surface area (Å²) in [5.41, 5.74) is 1.69. The van der Waals surface area contributed by atoms with E-state index in [-0.39, 0.29) is 23.8 Å². The minimum atomic E-state index is -0.935. The molecule has 1 aliphatic heterocycles. The van der Waals surface area contributed by atoms with E-state index in [2.05, 4.69) is 5.32 Å². The number of carbonyl (C=O) groups is 2. The van der Waals surface area contributed by atoms with Crippen molar-refractivity contribution in [2.24, 2.45) is 0 Å². The first-order valence-corrected chi connectivity index (χ1v) is 10.8. The molecule has 1 N–H and O–H groups in total. The van der Waals surface area contributed by atoms with Crippen LogP contribution in [-0.4, -0.2) is 18.8 Å². The molecule has 3 aromatic carbocycles. The largest absolute Gasteiger partial charge is 0.497 e. The Bertz CT molecular complexity index is 1440. The molecule has 1 aliphatic rings. The van der Waals surface area contributed by atoms with Crippen molar-refractivity contribution in [3.05, 3.63) is 88.9 Å². The summed E-state index contributed by atoms with van der Waals surface area (Å²) in [4.78, 5) is 26.3. The number of furan rings is 1. The van der Waals surface area contributed by atoms with Crippen molar-refractivity contribution in [1.29, 1.82) is 0 Å². The molecule has 1 aromatic heterocycles. The molecule has 0 saturated carbocycles. The number of hydrogen-bond acceptors (Lipinski definition) is 5. The van der Waals surface area contributed by atoms with Crippen molar-refractivity contribution in [1.82, 2.24) is 0 Å². The molecule has 0 spiro atoms. The van der Waals surface area contributed by atoms with Gasteiger partial charge in [0.25, 0.3) is 5.91 Å². The number of hydrogen-bond donors (Lipinski definition) is 1. The van der Waals surface area contributed by atoms with Crippen molar-refractivity contribution < 1.29 is 27.9 Å². The Morgan fingerprint density at radius 1 is 1.12 bits per heavy atom. The summed E-state index contributed by atoms with van der Waals surface area (Å²) in [6.45, 7) is 3.55. The SMILES string of the molecule is COc1cccc(NC(=O)c2oc3ccc4c(c3c2C)C(=O)C[C@](C)(c2ccc(F)cc2)O4)c1. The standard InChI is InChI=1S/C27H22FNO5/c1-15-23-21(33-25(15)26(31)29-18-5-4-6-19(13-18)32-3)11-12-22-24(23)20(30)14-27(2,34-22)16-7-9-17(28)10-8-16/h4-13H,14H2,1-3H3,(H,29,31)/t27-/m1/s1. The van der Waals surface area contributed by atoms with Crippen LogP contribution >= 0.6 is 0 Å². The number of benzene rings is 3. The van der Waals surface area contributed by atoms with Crippen molar-refractivity contribution in [2.75, 3.05) is 12.4 Å². The van der Waals surface area contributed by atoms with Crippen molar-refractivity contribution in [2.45, 2.75) is 25.9 Å². The number of rotatable bonds is 4. The summed E-state index contributed by atoms with van der Waals surface area (Å²) in [7, 11) is 1.55. The van der Waals surface area contributed by atoms with E-state index in [1.54, 1.807) is 69.5 Å². The number of ketones is 1. The second-order valence-corrected chi connectivity index (χ2v) is 8.49. The maximum atomic E-state index is 13.4.